The van der Waals surface area contributed by atoms with E-state index in [-0.39, 0.29) is 11.8 Å². The first kappa shape index (κ1) is 12.9. The van der Waals surface area contributed by atoms with Crippen molar-refractivity contribution in [1.29, 1.82) is 0 Å². The lowest BCUT2D eigenvalue weighted by Crippen LogP contribution is -2.47. The average molecular weight is 286 g/mol. The first-order valence-corrected chi connectivity index (χ1v) is 7.27. The van der Waals surface area contributed by atoms with Gasteiger partial charge in [0.25, 0.3) is 5.91 Å². The molecular formula is C15H14N2O2S. The molecule has 1 atom stereocenters. The largest absolute Gasteiger partial charge is 0.357 e. The molecule has 0 bridgehead atoms. The van der Waals surface area contributed by atoms with Crippen LogP contribution in [0.3, 0.4) is 0 Å². The van der Waals surface area contributed by atoms with E-state index < -0.39 is 6.04 Å². The van der Waals surface area contributed by atoms with Crippen molar-refractivity contribution >= 4 is 28.8 Å². The topological polar surface area (TPSA) is 49.4 Å². The van der Waals surface area contributed by atoms with Gasteiger partial charge in [0.2, 0.25) is 5.91 Å². The molecule has 0 spiro atoms. The summed E-state index contributed by atoms with van der Waals surface area (Å²) in [5.74, 6) is -0.246. The minimum Gasteiger partial charge on any atom is -0.357 e. The first-order valence-electron chi connectivity index (χ1n) is 6.39. The molecule has 4 nitrogen and oxygen atoms in total. The molecule has 1 N–H and O–H groups in total. The number of fused-ring (bicyclic) bond motifs is 1. The highest BCUT2D eigenvalue weighted by molar-refractivity contribution is 7.12. The highest BCUT2D eigenvalue weighted by Gasteiger charge is 2.38. The summed E-state index contributed by atoms with van der Waals surface area (Å²) in [6.45, 7) is 0. The van der Waals surface area contributed by atoms with Crippen molar-refractivity contribution < 1.29 is 9.59 Å². The lowest BCUT2D eigenvalue weighted by Gasteiger charge is -2.23. The van der Waals surface area contributed by atoms with E-state index >= 15 is 0 Å². The van der Waals surface area contributed by atoms with E-state index in [1.807, 2.05) is 35.7 Å². The van der Waals surface area contributed by atoms with Crippen molar-refractivity contribution in [2.45, 2.75) is 12.5 Å². The summed E-state index contributed by atoms with van der Waals surface area (Å²) in [6.07, 6.45) is 0.562. The number of rotatable bonds is 2. The maximum atomic E-state index is 12.7. The fourth-order valence-electron chi connectivity index (χ4n) is 2.53. The molecule has 2 heterocycles. The summed E-state index contributed by atoms with van der Waals surface area (Å²) >= 11 is 1.39. The van der Waals surface area contributed by atoms with Crippen molar-refractivity contribution in [3.63, 3.8) is 0 Å². The highest BCUT2D eigenvalue weighted by atomic mass is 32.1. The third-order valence-electron chi connectivity index (χ3n) is 3.48. The van der Waals surface area contributed by atoms with Gasteiger partial charge >= 0.3 is 0 Å². The zero-order chi connectivity index (χ0) is 14.1. The van der Waals surface area contributed by atoms with E-state index in [0.29, 0.717) is 11.3 Å². The van der Waals surface area contributed by atoms with Gasteiger partial charge in [0, 0.05) is 19.2 Å². The van der Waals surface area contributed by atoms with Gasteiger partial charge in [0.05, 0.1) is 4.88 Å². The van der Waals surface area contributed by atoms with Crippen LogP contribution in [0.25, 0.3) is 0 Å². The molecule has 3 rings (SSSR count). The van der Waals surface area contributed by atoms with Crippen LogP contribution < -0.4 is 10.2 Å². The number of anilines is 1. The number of carbonyl (C=O) groups excluding carboxylic acids is 2. The molecule has 0 saturated carbocycles. The monoisotopic (exact) mass is 286 g/mol. The quantitative estimate of drug-likeness (QED) is 0.918. The normalized spacial score (nSPS) is 16.9. The van der Waals surface area contributed by atoms with E-state index in [0.717, 1.165) is 11.3 Å². The molecule has 0 aliphatic carbocycles. The van der Waals surface area contributed by atoms with Gasteiger partial charge in [-0.2, -0.15) is 0 Å². The number of carbonyl (C=O) groups is 2. The summed E-state index contributed by atoms with van der Waals surface area (Å²) in [5, 5.41) is 4.51. The fraction of sp³-hybridized carbons (Fsp3) is 0.200. The van der Waals surface area contributed by atoms with Gasteiger partial charge in [-0.15, -0.1) is 11.3 Å². The Balaban J connectivity index is 2.03. The molecule has 1 aliphatic rings. The molecule has 1 aliphatic heterocycles. The van der Waals surface area contributed by atoms with Gasteiger partial charge in [-0.05, 0) is 23.1 Å². The number of nitrogens with one attached hydrogen (secondary N) is 1. The second-order valence-corrected chi connectivity index (χ2v) is 5.56. The predicted octanol–water partition coefficient (Wildman–Crippen LogP) is 2.07. The van der Waals surface area contributed by atoms with Crippen molar-refractivity contribution in [3.8, 4) is 0 Å². The third-order valence-corrected chi connectivity index (χ3v) is 4.33. The van der Waals surface area contributed by atoms with E-state index in [2.05, 4.69) is 5.32 Å². The lowest BCUT2D eigenvalue weighted by molar-refractivity contribution is -0.121. The van der Waals surface area contributed by atoms with Crippen LogP contribution in [0.2, 0.25) is 0 Å². The Bertz CT molecular complexity index is 652. The van der Waals surface area contributed by atoms with Crippen LogP contribution >= 0.6 is 11.3 Å². The number of hydrogen-bond donors (Lipinski definition) is 1. The van der Waals surface area contributed by atoms with Gasteiger partial charge in [-0.25, -0.2) is 0 Å². The van der Waals surface area contributed by atoms with Crippen molar-refractivity contribution in [2.75, 3.05) is 11.9 Å². The highest BCUT2D eigenvalue weighted by Crippen LogP contribution is 2.33. The van der Waals surface area contributed by atoms with E-state index in [1.165, 1.54) is 11.3 Å². The number of nitrogens with zero attached hydrogens (tertiary/aromatic N) is 1. The Labute approximate surface area is 121 Å². The summed E-state index contributed by atoms with van der Waals surface area (Å²) < 4.78 is 0. The molecule has 2 aromatic rings. The van der Waals surface area contributed by atoms with E-state index in [9.17, 15) is 9.59 Å². The molecule has 5 heteroatoms. The van der Waals surface area contributed by atoms with Gasteiger partial charge < -0.3 is 5.32 Å². The lowest BCUT2D eigenvalue weighted by atomic mass is 10.1. The average Bonchev–Trinajstić information content (AvgIpc) is 3.12. The molecular weight excluding hydrogens is 272 g/mol. The number of benzene rings is 1. The van der Waals surface area contributed by atoms with Crippen LogP contribution in [0, 0.1) is 0 Å². The molecule has 2 amide bonds. The number of likely N-dealkylation sites (N-methyl/N-ethyl adjacent to an activating group) is 1. The van der Waals surface area contributed by atoms with Crippen LogP contribution in [-0.4, -0.2) is 24.9 Å². The fourth-order valence-corrected chi connectivity index (χ4v) is 3.19. The van der Waals surface area contributed by atoms with Crippen LogP contribution in [0.5, 0.6) is 0 Å². The second kappa shape index (κ2) is 5.09. The van der Waals surface area contributed by atoms with E-state index in [4.69, 9.17) is 0 Å². The van der Waals surface area contributed by atoms with Crippen LogP contribution in [0.1, 0.15) is 15.2 Å². The van der Waals surface area contributed by atoms with Gasteiger partial charge in [-0.1, -0.05) is 24.3 Å². The zero-order valence-corrected chi connectivity index (χ0v) is 11.8. The number of amides is 2. The molecule has 102 valence electrons. The Kier molecular flexibility index (Phi) is 3.28. The summed E-state index contributed by atoms with van der Waals surface area (Å²) in [4.78, 5) is 27.0. The first-order chi connectivity index (χ1) is 9.72. The second-order valence-electron chi connectivity index (χ2n) is 4.62. The minimum absolute atomic E-state index is 0.112. The molecule has 1 aromatic heterocycles. The van der Waals surface area contributed by atoms with Gasteiger partial charge in [0.15, 0.2) is 0 Å². The minimum atomic E-state index is -0.466. The van der Waals surface area contributed by atoms with E-state index in [1.54, 1.807) is 18.0 Å². The maximum absolute atomic E-state index is 12.7. The van der Waals surface area contributed by atoms with Crippen molar-refractivity contribution in [3.05, 3.63) is 52.2 Å². The molecule has 0 saturated heterocycles. The molecule has 20 heavy (non-hydrogen) atoms. The van der Waals surface area contributed by atoms with Crippen LogP contribution in [-0.2, 0) is 11.2 Å². The number of thiophene rings is 1. The standard InChI is InChI=1S/C15H14N2O2S/c1-16-14(18)12-9-10-5-2-3-6-11(10)17(12)15(19)13-7-4-8-20-13/h2-8,12H,9H2,1H3,(H,16,18)/t12-/m1/s1. The Morgan fingerprint density at radius 1 is 1.25 bits per heavy atom. The van der Waals surface area contributed by atoms with Crippen LogP contribution in [0.4, 0.5) is 5.69 Å². The summed E-state index contributed by atoms with van der Waals surface area (Å²) in [6, 6.07) is 10.8. The predicted molar refractivity (Wildman–Crippen MR) is 79.1 cm³/mol. The van der Waals surface area contributed by atoms with Gasteiger partial charge in [0.1, 0.15) is 6.04 Å². The SMILES string of the molecule is CNC(=O)[C@H]1Cc2ccccc2N1C(=O)c1cccs1. The third kappa shape index (κ3) is 2.00. The molecule has 0 fully saturated rings. The Morgan fingerprint density at radius 3 is 2.75 bits per heavy atom. The van der Waals surface area contributed by atoms with Crippen LogP contribution in [0.15, 0.2) is 41.8 Å². The Hall–Kier alpha value is -2.14. The molecule has 0 radical (unpaired) electrons. The zero-order valence-electron chi connectivity index (χ0n) is 11.0. The number of hydrogen-bond acceptors (Lipinski definition) is 3. The smallest absolute Gasteiger partial charge is 0.269 e. The number of para-hydroxylation sites is 1. The molecule has 1 aromatic carbocycles. The molecule has 0 unspecified atom stereocenters. The van der Waals surface area contributed by atoms with Gasteiger partial charge in [-0.3, -0.25) is 14.5 Å². The summed E-state index contributed by atoms with van der Waals surface area (Å²) in [7, 11) is 1.60. The van der Waals surface area contributed by atoms with Crippen molar-refractivity contribution in [1.82, 2.24) is 5.32 Å². The summed E-state index contributed by atoms with van der Waals surface area (Å²) in [5.41, 5.74) is 1.87. The maximum Gasteiger partial charge on any atom is 0.269 e. The Morgan fingerprint density at radius 2 is 2.05 bits per heavy atom. The van der Waals surface area contributed by atoms with Crippen molar-refractivity contribution in [2.24, 2.45) is 0 Å².